The zero-order valence-electron chi connectivity index (χ0n) is 13.6. The summed E-state index contributed by atoms with van der Waals surface area (Å²) in [6.45, 7) is 10.6. The number of carbonyl (C=O) groups is 1. The lowest BCUT2D eigenvalue weighted by Crippen LogP contribution is -2.38. The predicted octanol–water partition coefficient (Wildman–Crippen LogP) is 1.39. The molecule has 0 aromatic carbocycles. The lowest BCUT2D eigenvalue weighted by atomic mass is 10.3. The van der Waals surface area contributed by atoms with Crippen LogP contribution in [0.4, 0.5) is 0 Å². The summed E-state index contributed by atoms with van der Waals surface area (Å²) in [4.78, 5) is 12.1. The van der Waals surface area contributed by atoms with E-state index in [1.165, 1.54) is 0 Å². The van der Waals surface area contributed by atoms with Gasteiger partial charge in [0.1, 0.15) is 6.04 Å². The Balaban J connectivity index is 2.61. The molecule has 0 aliphatic rings. The Hall–Kier alpha value is -1.37. The van der Waals surface area contributed by atoms with Gasteiger partial charge in [0.2, 0.25) is 5.91 Å². The van der Waals surface area contributed by atoms with Gasteiger partial charge < -0.3 is 5.32 Å². The molecular weight excluding hydrogens is 290 g/mol. The molecule has 0 saturated heterocycles. The average Bonchev–Trinajstić information content (AvgIpc) is 2.65. The maximum absolute atomic E-state index is 12.1. The number of aromatic nitrogens is 2. The van der Waals surface area contributed by atoms with Crippen LogP contribution in [0.2, 0.25) is 0 Å². The third-order valence-electron chi connectivity index (χ3n) is 3.39. The largest absolute Gasteiger partial charge is 0.353 e. The quantitative estimate of drug-likeness (QED) is 0.890. The summed E-state index contributed by atoms with van der Waals surface area (Å²) in [6.07, 6.45) is 0. The molecule has 7 heteroatoms. The van der Waals surface area contributed by atoms with E-state index in [0.29, 0.717) is 0 Å². The van der Waals surface area contributed by atoms with E-state index in [2.05, 4.69) is 10.4 Å². The summed E-state index contributed by atoms with van der Waals surface area (Å²) in [7, 11) is -3.22. The standard InChI is InChI=1S/C14H25N3O3S/c1-10-9-11(2)17(16-10)12(3)13(18)15-7-8-21(19,20)14(4,5)6/h9,12H,7-8H2,1-6H3,(H,15,18)/t12-/m1/s1. The van der Waals surface area contributed by atoms with Gasteiger partial charge in [-0.2, -0.15) is 5.10 Å². The van der Waals surface area contributed by atoms with Crippen LogP contribution in [-0.2, 0) is 14.6 Å². The molecule has 0 aliphatic carbocycles. The molecule has 1 atom stereocenters. The number of nitrogens with zero attached hydrogens (tertiary/aromatic N) is 2. The molecule has 1 rings (SSSR count). The molecule has 1 N–H and O–H groups in total. The normalized spacial score (nSPS) is 14.0. The first-order valence-electron chi connectivity index (χ1n) is 6.98. The Bertz CT molecular complexity index is 612. The van der Waals surface area contributed by atoms with Gasteiger partial charge in [0, 0.05) is 12.2 Å². The molecule has 0 unspecified atom stereocenters. The van der Waals surface area contributed by atoms with Crippen molar-refractivity contribution in [1.29, 1.82) is 0 Å². The lowest BCUT2D eigenvalue weighted by Gasteiger charge is -2.20. The SMILES string of the molecule is Cc1cc(C)n([C@H](C)C(=O)NCCS(=O)(=O)C(C)(C)C)n1. The van der Waals surface area contributed by atoms with Crippen LogP contribution >= 0.6 is 0 Å². The second kappa shape index (κ2) is 6.17. The van der Waals surface area contributed by atoms with Crippen molar-refractivity contribution in [1.82, 2.24) is 15.1 Å². The monoisotopic (exact) mass is 315 g/mol. The van der Waals surface area contributed by atoms with Crippen molar-refractivity contribution < 1.29 is 13.2 Å². The van der Waals surface area contributed by atoms with E-state index in [9.17, 15) is 13.2 Å². The van der Waals surface area contributed by atoms with Gasteiger partial charge in [-0.15, -0.1) is 0 Å². The fraction of sp³-hybridized carbons (Fsp3) is 0.714. The maximum atomic E-state index is 12.1. The summed E-state index contributed by atoms with van der Waals surface area (Å²) in [5.41, 5.74) is 1.75. The van der Waals surface area contributed by atoms with Crippen molar-refractivity contribution in [3.05, 3.63) is 17.5 Å². The number of rotatable bonds is 5. The highest BCUT2D eigenvalue weighted by Gasteiger charge is 2.28. The van der Waals surface area contributed by atoms with Crippen molar-refractivity contribution in [2.24, 2.45) is 0 Å². The summed E-state index contributed by atoms with van der Waals surface area (Å²) >= 11 is 0. The van der Waals surface area contributed by atoms with Crippen LogP contribution < -0.4 is 5.32 Å². The third kappa shape index (κ3) is 4.30. The first-order chi connectivity index (χ1) is 9.45. The predicted molar refractivity (Wildman–Crippen MR) is 83.0 cm³/mol. The van der Waals surface area contributed by atoms with Crippen LogP contribution in [-0.4, -0.2) is 41.2 Å². The van der Waals surface area contributed by atoms with Gasteiger partial charge in [0.15, 0.2) is 9.84 Å². The minimum absolute atomic E-state index is 0.0634. The Labute approximate surface area is 126 Å². The number of hydrogen-bond acceptors (Lipinski definition) is 4. The minimum atomic E-state index is -3.22. The van der Waals surface area contributed by atoms with Crippen molar-refractivity contribution in [2.75, 3.05) is 12.3 Å². The minimum Gasteiger partial charge on any atom is -0.353 e. The molecular formula is C14H25N3O3S. The van der Waals surface area contributed by atoms with Gasteiger partial charge in [-0.25, -0.2) is 8.42 Å². The second-order valence-corrected chi connectivity index (χ2v) is 9.13. The van der Waals surface area contributed by atoms with Crippen LogP contribution in [0.5, 0.6) is 0 Å². The fourth-order valence-corrected chi connectivity index (χ4v) is 2.89. The van der Waals surface area contributed by atoms with E-state index in [-0.39, 0.29) is 18.2 Å². The average molecular weight is 315 g/mol. The Morgan fingerprint density at radius 1 is 1.38 bits per heavy atom. The summed E-state index contributed by atoms with van der Waals surface area (Å²) in [5.74, 6) is -0.295. The topological polar surface area (TPSA) is 81.1 Å². The Kier molecular flexibility index (Phi) is 5.20. The molecule has 0 spiro atoms. The molecule has 1 aromatic heterocycles. The number of amides is 1. The molecule has 0 aliphatic heterocycles. The van der Waals surface area contributed by atoms with Gasteiger partial charge in [-0.1, -0.05) is 0 Å². The molecule has 6 nitrogen and oxygen atoms in total. The lowest BCUT2D eigenvalue weighted by molar-refractivity contribution is -0.124. The van der Waals surface area contributed by atoms with Gasteiger partial charge in [-0.05, 0) is 47.6 Å². The van der Waals surface area contributed by atoms with Gasteiger partial charge in [0.05, 0.1) is 16.2 Å². The molecule has 0 saturated carbocycles. The highest BCUT2D eigenvalue weighted by molar-refractivity contribution is 7.92. The first kappa shape index (κ1) is 17.7. The van der Waals surface area contributed by atoms with E-state index in [0.717, 1.165) is 11.4 Å². The zero-order valence-corrected chi connectivity index (χ0v) is 14.4. The molecule has 1 aromatic rings. The second-order valence-electron chi connectivity index (χ2n) is 6.27. The fourth-order valence-electron chi connectivity index (χ4n) is 1.91. The number of hydrogen-bond donors (Lipinski definition) is 1. The number of sulfone groups is 1. The van der Waals surface area contributed by atoms with E-state index in [1.807, 2.05) is 19.9 Å². The number of carbonyl (C=O) groups excluding carboxylic acids is 1. The van der Waals surface area contributed by atoms with E-state index in [4.69, 9.17) is 0 Å². The molecule has 0 bridgehead atoms. The van der Waals surface area contributed by atoms with Crippen LogP contribution in [0, 0.1) is 13.8 Å². The van der Waals surface area contributed by atoms with Gasteiger partial charge in [-0.3, -0.25) is 9.48 Å². The summed E-state index contributed by atoms with van der Waals surface area (Å²) < 4.78 is 24.8. The Morgan fingerprint density at radius 3 is 2.38 bits per heavy atom. The number of nitrogens with one attached hydrogen (secondary N) is 1. The summed E-state index contributed by atoms with van der Waals surface area (Å²) in [6, 6.07) is 1.43. The van der Waals surface area contributed by atoms with Crippen molar-refractivity contribution >= 4 is 15.7 Å². The molecule has 0 fully saturated rings. The molecule has 1 heterocycles. The molecule has 120 valence electrons. The Morgan fingerprint density at radius 2 is 1.95 bits per heavy atom. The van der Waals surface area contributed by atoms with Crippen molar-refractivity contribution in [3.63, 3.8) is 0 Å². The smallest absolute Gasteiger partial charge is 0.244 e. The van der Waals surface area contributed by atoms with Crippen LogP contribution in [0.3, 0.4) is 0 Å². The van der Waals surface area contributed by atoms with Crippen LogP contribution in [0.25, 0.3) is 0 Å². The van der Waals surface area contributed by atoms with Gasteiger partial charge in [0.25, 0.3) is 0 Å². The maximum Gasteiger partial charge on any atom is 0.244 e. The van der Waals surface area contributed by atoms with Crippen LogP contribution in [0.15, 0.2) is 6.07 Å². The first-order valence-corrected chi connectivity index (χ1v) is 8.63. The van der Waals surface area contributed by atoms with E-state index in [1.54, 1.807) is 32.4 Å². The third-order valence-corrected chi connectivity index (χ3v) is 6.00. The van der Waals surface area contributed by atoms with Crippen molar-refractivity contribution in [2.45, 2.75) is 52.3 Å². The molecule has 0 radical (unpaired) electrons. The van der Waals surface area contributed by atoms with E-state index >= 15 is 0 Å². The molecule has 1 amide bonds. The summed E-state index contributed by atoms with van der Waals surface area (Å²) in [5, 5.41) is 6.93. The zero-order chi connectivity index (χ0) is 16.4. The van der Waals surface area contributed by atoms with Gasteiger partial charge >= 0.3 is 0 Å². The molecule has 21 heavy (non-hydrogen) atoms. The number of aryl methyl sites for hydroxylation is 2. The highest BCUT2D eigenvalue weighted by atomic mass is 32.2. The van der Waals surface area contributed by atoms with Crippen molar-refractivity contribution in [3.8, 4) is 0 Å². The van der Waals surface area contributed by atoms with E-state index < -0.39 is 20.6 Å². The highest BCUT2D eigenvalue weighted by Crippen LogP contribution is 2.15. The van der Waals surface area contributed by atoms with Crippen LogP contribution in [0.1, 0.15) is 45.1 Å².